The molecule has 18 nitrogen and oxygen atoms in total. The zero-order valence-electron chi connectivity index (χ0n) is 73.4. The Labute approximate surface area is 721 Å². The van der Waals surface area contributed by atoms with E-state index in [-0.39, 0.29) is 47.0 Å². The molecule has 0 aromatic heterocycles. The summed E-state index contributed by atoms with van der Waals surface area (Å²) in [5, 5.41) is 15.3. The zero-order chi connectivity index (χ0) is 87.9. The van der Waals surface area contributed by atoms with Crippen molar-refractivity contribution in [3.8, 4) is 34.8 Å². The van der Waals surface area contributed by atoms with Crippen LogP contribution in [0.1, 0.15) is 142 Å². The fourth-order valence-electron chi connectivity index (χ4n) is 13.7. The number of esters is 2. The summed E-state index contributed by atoms with van der Waals surface area (Å²) in [6.07, 6.45) is 4.49. The Morgan fingerprint density at radius 2 is 0.915 bits per heavy atom. The molecule has 6 aromatic carbocycles. The molecule has 8 rings (SSSR count). The van der Waals surface area contributed by atoms with Gasteiger partial charge in [0, 0.05) is 42.5 Å². The van der Waals surface area contributed by atoms with Crippen LogP contribution in [0.2, 0.25) is 61.4 Å². The van der Waals surface area contributed by atoms with Gasteiger partial charge in [-0.05, 0) is 172 Å². The zero-order valence-corrected chi connectivity index (χ0v) is 80.6. The Kier molecular flexibility index (Phi) is 37.2. The van der Waals surface area contributed by atoms with Crippen molar-refractivity contribution in [2.45, 2.75) is 237 Å². The maximum Gasteiger partial charge on any atom is 0.342 e. The molecule has 0 amide bonds. The molecule has 26 heteroatoms. The lowest BCUT2D eigenvalue weighted by Crippen LogP contribution is -2.68. The van der Waals surface area contributed by atoms with Crippen LogP contribution >= 0.6 is 31.9 Å². The number of aliphatic hydroxyl groups is 1. The lowest BCUT2D eigenvalue weighted by Gasteiger charge is -2.46. The van der Waals surface area contributed by atoms with E-state index in [1.807, 2.05) is 91.9 Å². The summed E-state index contributed by atoms with van der Waals surface area (Å²) >= 11 is 6.56. The van der Waals surface area contributed by atoms with E-state index in [0.717, 1.165) is 39.1 Å². The van der Waals surface area contributed by atoms with Crippen molar-refractivity contribution in [2.75, 3.05) is 55.2 Å². The largest absolute Gasteiger partial charge is 0.497 e. The number of hydrogen-bond acceptors (Lipinski definition) is 18. The summed E-state index contributed by atoms with van der Waals surface area (Å²) in [5.74, 6) is 4.14. The Hall–Kier alpha value is -6.76. The maximum absolute atomic E-state index is 16.8. The summed E-state index contributed by atoms with van der Waals surface area (Å²) < 4.78 is 114. The summed E-state index contributed by atoms with van der Waals surface area (Å²) in [5.41, 5.74) is -2.19. The quantitative estimate of drug-likeness (QED) is 0.0129. The van der Waals surface area contributed by atoms with Crippen molar-refractivity contribution in [3.05, 3.63) is 189 Å². The molecule has 0 aliphatic carbocycles. The van der Waals surface area contributed by atoms with Crippen LogP contribution < -0.4 is 39.7 Å². The predicted molar refractivity (Wildman–Crippen MR) is 484 cm³/mol. The van der Waals surface area contributed by atoms with Crippen molar-refractivity contribution in [1.82, 2.24) is 0 Å². The van der Waals surface area contributed by atoms with Crippen molar-refractivity contribution < 1.29 is 94.0 Å². The smallest absolute Gasteiger partial charge is 0.342 e. The Bertz CT molecular complexity index is 4260. The van der Waals surface area contributed by atoms with Gasteiger partial charge in [0.05, 0.1) is 55.2 Å². The fraction of sp³-hybridized carbons (Fsp3) is 0.489. The number of hydrogen-bond donors (Lipinski definition) is 1. The predicted octanol–water partition coefficient (Wildman–Crippen LogP) is 18.8. The second kappa shape index (κ2) is 43.8. The average molecular weight is 1830 g/mol. The number of methoxy groups -OCH3 is 4. The van der Waals surface area contributed by atoms with E-state index in [2.05, 4.69) is 173 Å². The number of aliphatic hydroxyl groups excluding tert-OH is 1. The Morgan fingerprint density at radius 3 is 1.26 bits per heavy atom. The number of carbonyl (C=O) groups excluding carboxylic acids is 3. The average Bonchev–Trinajstić information content (AvgIpc) is 0.872. The third kappa shape index (κ3) is 28.4. The lowest BCUT2D eigenvalue weighted by molar-refractivity contribution is -0.152. The van der Waals surface area contributed by atoms with Gasteiger partial charge in [-0.1, -0.05) is 238 Å². The first-order chi connectivity index (χ1) is 55.1. The first kappa shape index (κ1) is 100. The highest BCUT2D eigenvalue weighted by Crippen LogP contribution is 2.43. The molecule has 2 aliphatic rings. The van der Waals surface area contributed by atoms with E-state index in [9.17, 15) is 19.5 Å². The second-order valence-corrected chi connectivity index (χ2v) is 57.6. The highest BCUT2D eigenvalue weighted by molar-refractivity contribution is 9.28. The first-order valence-corrected chi connectivity index (χ1v) is 52.7. The molecular weight excluding hydrogens is 1700 g/mol. The van der Waals surface area contributed by atoms with Crippen LogP contribution in [0.5, 0.6) is 23.0 Å². The third-order valence-corrected chi connectivity index (χ3v) is 34.2. The van der Waals surface area contributed by atoms with Gasteiger partial charge in [0.15, 0.2) is 42.8 Å². The van der Waals surface area contributed by atoms with E-state index >= 15 is 8.78 Å². The number of benzene rings is 6. The van der Waals surface area contributed by atoms with E-state index in [4.69, 9.17) is 65.7 Å². The number of alkyl halides is 2. The van der Waals surface area contributed by atoms with Crippen LogP contribution in [-0.2, 0) is 51.5 Å². The molecule has 2 saturated heterocycles. The lowest BCUT2D eigenvalue weighted by atomic mass is 10.00. The number of halogens is 4. The van der Waals surface area contributed by atoms with Crippen molar-refractivity contribution >= 4 is 116 Å². The number of carbonyl (C=O) groups is 3. The van der Waals surface area contributed by atoms with Gasteiger partial charge in [0.25, 0.3) is 16.6 Å². The van der Waals surface area contributed by atoms with Gasteiger partial charge in [0.2, 0.25) is 0 Å². The molecule has 646 valence electrons. The van der Waals surface area contributed by atoms with Gasteiger partial charge < -0.3 is 75.6 Å². The minimum atomic E-state index is -3.09. The normalized spacial score (nSPS) is 18.6. The van der Waals surface area contributed by atoms with Crippen LogP contribution in [-0.4, -0.2) is 177 Å². The molecule has 1 N–H and O–H groups in total. The summed E-state index contributed by atoms with van der Waals surface area (Å²) in [7, 11) is -2.63. The van der Waals surface area contributed by atoms with Crippen LogP contribution in [0.25, 0.3) is 12.2 Å². The van der Waals surface area contributed by atoms with Crippen molar-refractivity contribution in [2.24, 2.45) is 0 Å². The molecule has 0 saturated carbocycles. The van der Waals surface area contributed by atoms with Crippen LogP contribution in [0.3, 0.4) is 0 Å². The van der Waals surface area contributed by atoms with E-state index in [0.29, 0.717) is 51.4 Å². The van der Waals surface area contributed by atoms with Crippen LogP contribution in [0.4, 0.5) is 8.78 Å². The van der Waals surface area contributed by atoms with Gasteiger partial charge in [-0.15, -0.1) is 0 Å². The van der Waals surface area contributed by atoms with Gasteiger partial charge in [0.1, 0.15) is 52.4 Å². The van der Waals surface area contributed by atoms with E-state index < -0.39 is 110 Å². The van der Waals surface area contributed by atoms with Gasteiger partial charge in [-0.2, -0.15) is 0 Å². The summed E-state index contributed by atoms with van der Waals surface area (Å²) in [6.45, 7) is 40.3. The van der Waals surface area contributed by atoms with Crippen LogP contribution in [0, 0.1) is 11.8 Å². The molecule has 2 aliphatic heterocycles. The molecule has 9 atom stereocenters. The molecule has 2 heterocycles. The van der Waals surface area contributed by atoms with E-state index in [1.165, 1.54) is 41.4 Å². The van der Waals surface area contributed by atoms with Gasteiger partial charge in [-0.3, -0.25) is 0 Å². The molecule has 0 radical (unpaired) electrons. The number of rotatable bonds is 35. The minimum absolute atomic E-state index is 0.0329. The van der Waals surface area contributed by atoms with Crippen molar-refractivity contribution in [3.63, 3.8) is 0 Å². The summed E-state index contributed by atoms with van der Waals surface area (Å²) in [4.78, 5) is 37.9. The highest BCUT2D eigenvalue weighted by atomic mass is 79.9. The van der Waals surface area contributed by atoms with Crippen LogP contribution in [0.15, 0.2) is 167 Å². The number of aldehydes is 1. The molecule has 118 heavy (non-hydrogen) atoms. The topological polar surface area (TPSA) is 201 Å². The standard InChI is InChI=1S/C46H63FO9Si2.C24H36O8Si.C22H27Br2FOSi/c1-33(56-58(44(2,3)4,36-21-15-13-16-22-36)37-23-17-14-18-24-37)46(7,47)27-26-38(48)42-39(54-45(5,6)55-42)25-19-20-34-30-35(51-9)31-40(53-32-50-8)41(34)43(49)52-28-29-57(10,11)12;1-24(2)31-19(21(15-25)32-24)10-8-9-17-13-18(28-4)14-20(30-16-27-3)22(17)23(26)29-11-12-33(5,6)7;1-17(22(5,25)16-20(23)24)26-27(21(2,3)4,18-12-8-6-9-13-18)19-14-10-7-11-15-19/h13-24,30-31,33,38-39,42,48H,25,28-29,32H2,1-12H3;8-9,13-15,19,21H,10-12,16H2,1-7H3;6-17H,1-5H3/b20-19+;9-8+;/t33?,38?,39-,42?,46?;19-,21?;/m00./s1. The first-order valence-electron chi connectivity index (χ1n) is 39.9. The molecule has 0 spiro atoms. The van der Waals surface area contributed by atoms with Gasteiger partial charge >= 0.3 is 11.9 Å². The molecule has 0 bridgehead atoms. The van der Waals surface area contributed by atoms with Gasteiger partial charge in [-0.25, -0.2) is 18.4 Å². The van der Waals surface area contributed by atoms with E-state index in [1.54, 1.807) is 78.0 Å². The Balaban J connectivity index is 0.000000303. The molecular formula is C92H126Br2F2O18Si4. The highest BCUT2D eigenvalue weighted by Gasteiger charge is 2.55. The summed E-state index contributed by atoms with van der Waals surface area (Å²) in [6, 6.07) is 49.0. The maximum atomic E-state index is 16.8. The van der Waals surface area contributed by atoms with Crippen molar-refractivity contribution in [1.29, 1.82) is 0 Å². The third-order valence-electron chi connectivity index (χ3n) is 20.1. The number of ether oxygens (including phenoxy) is 12. The molecule has 6 aromatic rings. The second-order valence-electron chi connectivity index (χ2n) is 35.1. The fourth-order valence-corrected chi connectivity index (χ4v) is 25.5. The molecule has 2 fully saturated rings. The Morgan fingerprint density at radius 1 is 0.551 bits per heavy atom. The molecule has 7 unspecified atom stereocenters. The SMILES string of the molecule is CC(O[Si](c1ccccc1)(c1ccccc1)C(C)(C)C)C(C)(F)C=C(Br)Br.COCOc1cc(OC)cc(/C=C/C[C@@H]2OC(C)(C)OC2C(O)C#CC(C)(F)C(C)O[Si](c2ccccc2)(c2ccccc2)C(C)(C)C)c1C(=O)OCC[Si](C)(C)C.COCOc1cc(OC)cc(/C=C/C[C@@H]2OC(C)(C)OC2C=O)c1C(=O)OCC[Si](C)(C)C. The monoisotopic (exact) mass is 1830 g/mol. The minimum Gasteiger partial charge on any atom is -0.497 e.